The molecule has 0 saturated carbocycles. The van der Waals surface area contributed by atoms with Gasteiger partial charge in [-0.05, 0) is 19.1 Å². The Kier molecular flexibility index (Phi) is 6.13. The van der Waals surface area contributed by atoms with Crippen LogP contribution in [0.4, 0.5) is 0 Å². The number of ether oxygens (including phenoxy) is 2. The molecule has 0 heterocycles. The Labute approximate surface area is 133 Å². The molecule has 8 heteroatoms. The van der Waals surface area contributed by atoms with E-state index in [2.05, 4.69) is 9.47 Å². The smallest absolute Gasteiger partial charge is 0.350 e. The van der Waals surface area contributed by atoms with Crippen LogP contribution in [0.1, 0.15) is 5.56 Å². The van der Waals surface area contributed by atoms with E-state index in [0.717, 1.165) is 19.8 Å². The van der Waals surface area contributed by atoms with Gasteiger partial charge in [0, 0.05) is 0 Å². The summed E-state index contributed by atoms with van der Waals surface area (Å²) in [5.74, 6) is -2.79. The Morgan fingerprint density at radius 1 is 1.05 bits per heavy atom. The fraction of sp³-hybridized carbons (Fsp3) is 0.286. The molecule has 0 spiro atoms. The first kappa shape index (κ1) is 18.2. The molecular formula is C14H15ClO6S. The van der Waals surface area contributed by atoms with Gasteiger partial charge in [-0.2, -0.15) is 0 Å². The summed E-state index contributed by atoms with van der Waals surface area (Å²) in [7, 11) is -1.75. The van der Waals surface area contributed by atoms with Crippen molar-refractivity contribution in [2.45, 2.75) is 11.8 Å². The van der Waals surface area contributed by atoms with Crippen molar-refractivity contribution in [2.24, 2.45) is 0 Å². The monoisotopic (exact) mass is 346 g/mol. The second-order valence-corrected chi connectivity index (χ2v) is 6.72. The van der Waals surface area contributed by atoms with Gasteiger partial charge in [0.15, 0.2) is 9.84 Å². The third kappa shape index (κ3) is 4.32. The van der Waals surface area contributed by atoms with Crippen molar-refractivity contribution in [3.8, 4) is 0 Å². The summed E-state index contributed by atoms with van der Waals surface area (Å²) in [6.07, 6.45) is 0. The molecule has 0 aliphatic heterocycles. The molecule has 0 aromatic heterocycles. The quantitative estimate of drug-likeness (QED) is 0.594. The second kappa shape index (κ2) is 7.42. The second-order valence-electron chi connectivity index (χ2n) is 4.35. The van der Waals surface area contributed by atoms with Crippen LogP contribution in [-0.4, -0.2) is 40.3 Å². The molecule has 0 bridgehead atoms. The zero-order valence-electron chi connectivity index (χ0n) is 12.3. The van der Waals surface area contributed by atoms with E-state index >= 15 is 0 Å². The first-order chi connectivity index (χ1) is 10.2. The first-order valence-corrected chi connectivity index (χ1v) is 8.10. The molecule has 120 valence electrons. The van der Waals surface area contributed by atoms with E-state index < -0.39 is 38.1 Å². The fourth-order valence-electron chi connectivity index (χ4n) is 1.57. The molecule has 1 aromatic carbocycles. The Bertz CT molecular complexity index is 703. The van der Waals surface area contributed by atoms with Gasteiger partial charge in [-0.1, -0.05) is 29.3 Å². The van der Waals surface area contributed by atoms with Gasteiger partial charge in [-0.25, -0.2) is 18.0 Å². The highest BCUT2D eigenvalue weighted by atomic mass is 35.5. The van der Waals surface area contributed by atoms with E-state index in [9.17, 15) is 18.0 Å². The lowest BCUT2D eigenvalue weighted by molar-refractivity contribution is -0.138. The molecule has 22 heavy (non-hydrogen) atoms. The van der Waals surface area contributed by atoms with Crippen molar-refractivity contribution in [3.63, 3.8) is 0 Å². The largest absolute Gasteiger partial charge is 0.466 e. The molecule has 0 saturated heterocycles. The van der Waals surface area contributed by atoms with E-state index in [1.165, 1.54) is 12.1 Å². The van der Waals surface area contributed by atoms with Crippen molar-refractivity contribution >= 4 is 33.4 Å². The topological polar surface area (TPSA) is 86.7 Å². The van der Waals surface area contributed by atoms with Gasteiger partial charge in [0.1, 0.15) is 5.03 Å². The lowest BCUT2D eigenvalue weighted by Gasteiger charge is -2.09. The minimum atomic E-state index is -3.87. The predicted octanol–water partition coefficient (Wildman–Crippen LogP) is 1.61. The lowest BCUT2D eigenvalue weighted by atomic mass is 10.2. The molecule has 0 fully saturated rings. The summed E-state index contributed by atoms with van der Waals surface area (Å²) >= 11 is 5.73. The standard InChI is InChI=1S/C14H15ClO6S/c1-9-4-6-10(7-5-9)22(18,19)8-11(13(16)20-2)12(15)14(17)21-3/h4-7H,8H2,1-3H3/b12-11-. The van der Waals surface area contributed by atoms with Crippen LogP contribution in [0, 0.1) is 6.92 Å². The zero-order valence-corrected chi connectivity index (χ0v) is 13.8. The number of halogens is 1. The summed E-state index contributed by atoms with van der Waals surface area (Å²) in [6.45, 7) is 1.81. The maximum absolute atomic E-state index is 12.3. The number of hydrogen-bond acceptors (Lipinski definition) is 6. The van der Waals surface area contributed by atoms with E-state index in [1.807, 2.05) is 6.92 Å². The Morgan fingerprint density at radius 3 is 2.00 bits per heavy atom. The Balaban J connectivity index is 3.27. The number of carbonyl (C=O) groups is 2. The van der Waals surface area contributed by atoms with Gasteiger partial charge in [0.2, 0.25) is 0 Å². The number of benzene rings is 1. The maximum Gasteiger partial charge on any atom is 0.350 e. The highest BCUT2D eigenvalue weighted by Crippen LogP contribution is 2.20. The van der Waals surface area contributed by atoms with Crippen LogP contribution in [0.25, 0.3) is 0 Å². The lowest BCUT2D eigenvalue weighted by Crippen LogP contribution is -2.20. The van der Waals surface area contributed by atoms with Crippen molar-refractivity contribution in [2.75, 3.05) is 20.0 Å². The molecule has 1 aromatic rings. The average molecular weight is 347 g/mol. The molecule has 0 N–H and O–H groups in total. The molecule has 0 aliphatic carbocycles. The number of methoxy groups -OCH3 is 2. The van der Waals surface area contributed by atoms with Gasteiger partial charge in [-0.15, -0.1) is 0 Å². The van der Waals surface area contributed by atoms with E-state index in [-0.39, 0.29) is 4.90 Å². The maximum atomic E-state index is 12.3. The highest BCUT2D eigenvalue weighted by Gasteiger charge is 2.27. The van der Waals surface area contributed by atoms with Crippen LogP contribution in [0.5, 0.6) is 0 Å². The predicted molar refractivity (Wildman–Crippen MR) is 80.1 cm³/mol. The SMILES string of the molecule is COC(=O)/C(Cl)=C(\CS(=O)(=O)c1ccc(C)cc1)C(=O)OC. The average Bonchev–Trinajstić information content (AvgIpc) is 2.50. The van der Waals surface area contributed by atoms with Crippen molar-refractivity contribution in [1.29, 1.82) is 0 Å². The van der Waals surface area contributed by atoms with Crippen LogP contribution in [-0.2, 0) is 28.9 Å². The van der Waals surface area contributed by atoms with Crippen molar-refractivity contribution < 1.29 is 27.5 Å². The van der Waals surface area contributed by atoms with Crippen molar-refractivity contribution in [3.05, 3.63) is 40.4 Å². The summed E-state index contributed by atoms with van der Waals surface area (Å²) < 4.78 is 33.5. The first-order valence-electron chi connectivity index (χ1n) is 6.07. The number of rotatable bonds is 5. The Morgan fingerprint density at radius 2 is 1.55 bits per heavy atom. The van der Waals surface area contributed by atoms with Crippen LogP contribution in [0.3, 0.4) is 0 Å². The number of hydrogen-bond donors (Lipinski definition) is 0. The summed E-state index contributed by atoms with van der Waals surface area (Å²) in [5.41, 5.74) is 0.409. The zero-order chi connectivity index (χ0) is 16.9. The van der Waals surface area contributed by atoms with Gasteiger partial charge in [0.05, 0.1) is 30.4 Å². The molecule has 0 unspecified atom stereocenters. The molecule has 1 rings (SSSR count). The molecule has 0 atom stereocenters. The van der Waals surface area contributed by atoms with Crippen LogP contribution < -0.4 is 0 Å². The van der Waals surface area contributed by atoms with Crippen LogP contribution in [0.2, 0.25) is 0 Å². The van der Waals surface area contributed by atoms with E-state index in [0.29, 0.717) is 0 Å². The highest BCUT2D eigenvalue weighted by molar-refractivity contribution is 7.91. The normalized spacial score (nSPS) is 12.4. The van der Waals surface area contributed by atoms with Gasteiger partial charge >= 0.3 is 11.9 Å². The minimum Gasteiger partial charge on any atom is -0.466 e. The van der Waals surface area contributed by atoms with E-state index in [4.69, 9.17) is 11.6 Å². The van der Waals surface area contributed by atoms with Crippen LogP contribution >= 0.6 is 11.6 Å². The van der Waals surface area contributed by atoms with Crippen molar-refractivity contribution in [1.82, 2.24) is 0 Å². The number of carbonyl (C=O) groups excluding carboxylic acids is 2. The number of esters is 2. The molecule has 0 radical (unpaired) electrons. The summed E-state index contributed by atoms with van der Waals surface area (Å²) in [4.78, 5) is 23.1. The summed E-state index contributed by atoms with van der Waals surface area (Å²) in [5, 5.41) is -0.620. The molecular weight excluding hydrogens is 332 g/mol. The van der Waals surface area contributed by atoms with Gasteiger partial charge in [0.25, 0.3) is 0 Å². The summed E-state index contributed by atoms with van der Waals surface area (Å²) in [6, 6.07) is 6.06. The van der Waals surface area contributed by atoms with E-state index in [1.54, 1.807) is 12.1 Å². The van der Waals surface area contributed by atoms with Gasteiger partial charge in [-0.3, -0.25) is 0 Å². The third-order valence-electron chi connectivity index (χ3n) is 2.78. The molecule has 0 aliphatic rings. The molecule has 0 amide bonds. The number of sulfone groups is 1. The third-order valence-corrected chi connectivity index (χ3v) is 4.82. The van der Waals surface area contributed by atoms with Gasteiger partial charge < -0.3 is 9.47 Å². The fourth-order valence-corrected chi connectivity index (χ4v) is 3.23. The number of aryl methyl sites for hydroxylation is 1. The molecule has 6 nitrogen and oxygen atoms in total. The van der Waals surface area contributed by atoms with Crippen LogP contribution in [0.15, 0.2) is 39.8 Å². The minimum absolute atomic E-state index is 0.00818. The Hall–Kier alpha value is -1.86.